The minimum Gasteiger partial charge on any atom is -0.378 e. The SMILES string of the molecule is O=C(CC1CC2CCC1C2)N[C@@H]1C[C@H]1C1CCCO1. The topological polar surface area (TPSA) is 38.3 Å². The van der Waals surface area contributed by atoms with Crippen LogP contribution < -0.4 is 5.32 Å². The molecule has 4 rings (SSSR count). The fourth-order valence-corrected chi connectivity index (χ4v) is 4.86. The first-order valence-electron chi connectivity index (χ1n) is 8.20. The van der Waals surface area contributed by atoms with Crippen molar-refractivity contribution in [1.82, 2.24) is 5.32 Å². The molecule has 3 aliphatic carbocycles. The summed E-state index contributed by atoms with van der Waals surface area (Å²) in [6.07, 6.45) is 10.3. The standard InChI is InChI=1S/C16H25NO2/c18-16(8-12-7-10-3-4-11(12)6-10)17-14-9-13(14)15-2-1-5-19-15/h10-15H,1-9H2,(H,17,18)/t10?,11?,12?,13-,14-,15?/m1/s1. The molecule has 1 N–H and O–H groups in total. The van der Waals surface area contributed by atoms with Gasteiger partial charge in [-0.2, -0.15) is 0 Å². The van der Waals surface area contributed by atoms with E-state index in [9.17, 15) is 4.79 Å². The molecule has 1 saturated heterocycles. The van der Waals surface area contributed by atoms with Crippen LogP contribution in [-0.2, 0) is 9.53 Å². The fourth-order valence-electron chi connectivity index (χ4n) is 4.86. The molecule has 2 bridgehead atoms. The Morgan fingerprint density at radius 2 is 2.11 bits per heavy atom. The zero-order valence-corrected chi connectivity index (χ0v) is 11.6. The molecule has 3 heteroatoms. The summed E-state index contributed by atoms with van der Waals surface area (Å²) in [6, 6.07) is 0.425. The van der Waals surface area contributed by atoms with Crippen molar-refractivity contribution in [2.24, 2.45) is 23.7 Å². The largest absolute Gasteiger partial charge is 0.378 e. The first kappa shape index (κ1) is 12.2. The van der Waals surface area contributed by atoms with E-state index < -0.39 is 0 Å². The van der Waals surface area contributed by atoms with Crippen LogP contribution in [0, 0.1) is 23.7 Å². The molecule has 106 valence electrons. The summed E-state index contributed by atoms with van der Waals surface area (Å²) in [4.78, 5) is 12.1. The van der Waals surface area contributed by atoms with Crippen LogP contribution in [0.2, 0.25) is 0 Å². The van der Waals surface area contributed by atoms with Gasteiger partial charge in [0.2, 0.25) is 5.91 Å². The Morgan fingerprint density at radius 3 is 2.79 bits per heavy atom. The van der Waals surface area contributed by atoms with Gasteiger partial charge < -0.3 is 10.1 Å². The molecular formula is C16H25NO2. The lowest BCUT2D eigenvalue weighted by Crippen LogP contribution is -2.31. The molecule has 0 aromatic heterocycles. The molecule has 4 fully saturated rings. The van der Waals surface area contributed by atoms with Crippen molar-refractivity contribution in [2.45, 2.75) is 63.5 Å². The Bertz CT molecular complexity index is 364. The molecule has 19 heavy (non-hydrogen) atoms. The summed E-state index contributed by atoms with van der Waals surface area (Å²) in [5.41, 5.74) is 0. The van der Waals surface area contributed by atoms with Gasteiger partial charge in [0.25, 0.3) is 0 Å². The number of carbonyl (C=O) groups excluding carboxylic acids is 1. The maximum atomic E-state index is 12.1. The Labute approximate surface area is 115 Å². The number of hydrogen-bond acceptors (Lipinski definition) is 2. The molecule has 3 saturated carbocycles. The highest BCUT2D eigenvalue weighted by molar-refractivity contribution is 5.77. The molecule has 4 aliphatic rings. The fraction of sp³-hybridized carbons (Fsp3) is 0.938. The minimum atomic E-state index is 0.308. The van der Waals surface area contributed by atoms with Crippen LogP contribution in [0.5, 0.6) is 0 Å². The predicted molar refractivity (Wildman–Crippen MR) is 72.6 cm³/mol. The Hall–Kier alpha value is -0.570. The van der Waals surface area contributed by atoms with Crippen LogP contribution in [0.1, 0.15) is 51.4 Å². The monoisotopic (exact) mass is 263 g/mol. The van der Waals surface area contributed by atoms with Gasteiger partial charge in [0.15, 0.2) is 0 Å². The van der Waals surface area contributed by atoms with Gasteiger partial charge in [-0.15, -0.1) is 0 Å². The van der Waals surface area contributed by atoms with Gasteiger partial charge >= 0.3 is 0 Å². The first-order valence-corrected chi connectivity index (χ1v) is 8.20. The second-order valence-corrected chi connectivity index (χ2v) is 7.26. The molecular weight excluding hydrogens is 238 g/mol. The molecule has 1 heterocycles. The van der Waals surface area contributed by atoms with Crippen LogP contribution in [0.25, 0.3) is 0 Å². The molecule has 0 aromatic rings. The van der Waals surface area contributed by atoms with Crippen molar-refractivity contribution < 1.29 is 9.53 Å². The second-order valence-electron chi connectivity index (χ2n) is 7.26. The normalized spacial score (nSPS) is 47.6. The third kappa shape index (κ3) is 2.42. The maximum absolute atomic E-state index is 12.1. The number of hydrogen-bond donors (Lipinski definition) is 1. The molecule has 6 atom stereocenters. The van der Waals surface area contributed by atoms with E-state index in [1.54, 1.807) is 0 Å². The average Bonchev–Trinajstić information content (AvgIpc) is 2.85. The van der Waals surface area contributed by atoms with Crippen LogP contribution in [0.15, 0.2) is 0 Å². The van der Waals surface area contributed by atoms with Crippen LogP contribution in [-0.4, -0.2) is 24.7 Å². The third-order valence-electron chi connectivity index (χ3n) is 5.96. The Kier molecular flexibility index (Phi) is 3.06. The maximum Gasteiger partial charge on any atom is 0.220 e. The van der Waals surface area contributed by atoms with Crippen LogP contribution >= 0.6 is 0 Å². The zero-order valence-electron chi connectivity index (χ0n) is 11.6. The van der Waals surface area contributed by atoms with Crippen LogP contribution in [0.3, 0.4) is 0 Å². The van der Waals surface area contributed by atoms with Crippen molar-refractivity contribution in [3.63, 3.8) is 0 Å². The summed E-state index contributed by atoms with van der Waals surface area (Å²) < 4.78 is 5.71. The van der Waals surface area contributed by atoms with Gasteiger partial charge in [0.05, 0.1) is 6.10 Å². The number of ether oxygens (including phenoxy) is 1. The average molecular weight is 263 g/mol. The van der Waals surface area contributed by atoms with E-state index in [-0.39, 0.29) is 0 Å². The number of carbonyl (C=O) groups is 1. The summed E-state index contributed by atoms with van der Waals surface area (Å²) in [5, 5.41) is 3.25. The van der Waals surface area contributed by atoms with Crippen molar-refractivity contribution in [3.05, 3.63) is 0 Å². The molecule has 1 amide bonds. The first-order chi connectivity index (χ1) is 9.29. The zero-order chi connectivity index (χ0) is 12.8. The minimum absolute atomic E-state index is 0.308. The van der Waals surface area contributed by atoms with Gasteiger partial charge in [-0.3, -0.25) is 4.79 Å². The van der Waals surface area contributed by atoms with E-state index in [1.165, 1.54) is 38.5 Å². The van der Waals surface area contributed by atoms with Gasteiger partial charge in [0, 0.05) is 25.0 Å². The Balaban J connectivity index is 1.22. The van der Waals surface area contributed by atoms with Crippen LogP contribution in [0.4, 0.5) is 0 Å². The van der Waals surface area contributed by atoms with E-state index in [1.807, 2.05) is 0 Å². The van der Waals surface area contributed by atoms with Crippen molar-refractivity contribution in [2.75, 3.05) is 6.61 Å². The molecule has 4 unspecified atom stereocenters. The van der Waals surface area contributed by atoms with E-state index in [2.05, 4.69) is 5.32 Å². The van der Waals surface area contributed by atoms with Crippen molar-refractivity contribution in [1.29, 1.82) is 0 Å². The predicted octanol–water partition coefficient (Wildman–Crippen LogP) is 2.50. The smallest absolute Gasteiger partial charge is 0.220 e. The third-order valence-corrected chi connectivity index (χ3v) is 5.96. The molecule has 1 aliphatic heterocycles. The highest BCUT2D eigenvalue weighted by Crippen LogP contribution is 2.49. The quantitative estimate of drug-likeness (QED) is 0.846. The second kappa shape index (κ2) is 4.76. The van der Waals surface area contributed by atoms with E-state index >= 15 is 0 Å². The van der Waals surface area contributed by atoms with Gasteiger partial charge in [0.1, 0.15) is 0 Å². The molecule has 0 aromatic carbocycles. The lowest BCUT2D eigenvalue weighted by Gasteiger charge is -2.21. The summed E-state index contributed by atoms with van der Waals surface area (Å²) in [7, 11) is 0. The van der Waals surface area contributed by atoms with Crippen molar-refractivity contribution >= 4 is 5.91 Å². The van der Waals surface area contributed by atoms with E-state index in [0.717, 1.165) is 31.3 Å². The molecule has 0 radical (unpaired) electrons. The summed E-state index contributed by atoms with van der Waals surface area (Å²) >= 11 is 0. The molecule has 3 nitrogen and oxygen atoms in total. The molecule has 0 spiro atoms. The lowest BCUT2D eigenvalue weighted by atomic mass is 9.86. The van der Waals surface area contributed by atoms with Crippen molar-refractivity contribution in [3.8, 4) is 0 Å². The number of fused-ring (bicyclic) bond motifs is 2. The Morgan fingerprint density at radius 1 is 1.16 bits per heavy atom. The highest BCUT2D eigenvalue weighted by atomic mass is 16.5. The number of nitrogens with one attached hydrogen (secondary N) is 1. The van der Waals surface area contributed by atoms with E-state index in [0.29, 0.717) is 29.9 Å². The summed E-state index contributed by atoms with van der Waals surface area (Å²) in [6.45, 7) is 0.924. The number of amides is 1. The number of rotatable bonds is 4. The van der Waals surface area contributed by atoms with Gasteiger partial charge in [-0.05, 0) is 56.3 Å². The van der Waals surface area contributed by atoms with Gasteiger partial charge in [-0.25, -0.2) is 0 Å². The lowest BCUT2D eigenvalue weighted by molar-refractivity contribution is -0.122. The highest BCUT2D eigenvalue weighted by Gasteiger charge is 2.46. The van der Waals surface area contributed by atoms with Gasteiger partial charge in [-0.1, -0.05) is 6.42 Å². The summed E-state index contributed by atoms with van der Waals surface area (Å²) in [5.74, 6) is 3.43. The van der Waals surface area contributed by atoms with E-state index in [4.69, 9.17) is 4.74 Å².